The zero-order valence-electron chi connectivity index (χ0n) is 12.4. The highest BCUT2D eigenvalue weighted by Crippen LogP contribution is 2.17. The Morgan fingerprint density at radius 3 is 2.14 bits per heavy atom. The van der Waals surface area contributed by atoms with Gasteiger partial charge in [0.1, 0.15) is 17.5 Å². The summed E-state index contributed by atoms with van der Waals surface area (Å²) in [4.78, 5) is 12.0. The van der Waals surface area contributed by atoms with Crippen molar-refractivity contribution in [2.24, 2.45) is 0 Å². The second-order valence-electron chi connectivity index (χ2n) is 4.83. The van der Waals surface area contributed by atoms with Gasteiger partial charge in [0.15, 0.2) is 0 Å². The molecule has 0 radical (unpaired) electrons. The molecule has 1 unspecified atom stereocenters. The number of rotatable bonds is 5. The van der Waals surface area contributed by atoms with Crippen molar-refractivity contribution in [3.63, 3.8) is 0 Å². The molecule has 0 aromatic heterocycles. The smallest absolute Gasteiger partial charge is 0.333 e. The number of benzene rings is 2. The van der Waals surface area contributed by atoms with Crippen LogP contribution in [0.3, 0.4) is 0 Å². The Hall–Kier alpha value is -2.49. The van der Waals surface area contributed by atoms with Crippen molar-refractivity contribution >= 4 is 11.7 Å². The highest BCUT2D eigenvalue weighted by atomic mass is 16.5. The molecule has 0 saturated heterocycles. The lowest BCUT2D eigenvalue weighted by atomic mass is 10.2. The van der Waals surface area contributed by atoms with Gasteiger partial charge in [-0.25, -0.2) is 4.79 Å². The van der Waals surface area contributed by atoms with Crippen LogP contribution in [0.4, 0.5) is 5.69 Å². The Morgan fingerprint density at radius 1 is 1.00 bits per heavy atom. The summed E-state index contributed by atoms with van der Waals surface area (Å²) >= 11 is 0. The van der Waals surface area contributed by atoms with Crippen molar-refractivity contribution in [3.8, 4) is 11.5 Å². The molecule has 0 aliphatic heterocycles. The fourth-order valence-electron chi connectivity index (χ4n) is 1.81. The first kappa shape index (κ1) is 14.9. The van der Waals surface area contributed by atoms with E-state index in [4.69, 9.17) is 9.47 Å². The van der Waals surface area contributed by atoms with Crippen molar-refractivity contribution in [3.05, 3.63) is 54.1 Å². The summed E-state index contributed by atoms with van der Waals surface area (Å²) in [6, 6.07) is 14.3. The van der Waals surface area contributed by atoms with Crippen molar-refractivity contribution < 1.29 is 14.3 Å². The molecule has 1 atom stereocenters. The molecule has 0 saturated carbocycles. The van der Waals surface area contributed by atoms with Gasteiger partial charge in [-0.15, -0.1) is 0 Å². The first-order valence-corrected chi connectivity index (χ1v) is 6.77. The quantitative estimate of drug-likeness (QED) is 0.675. The third-order valence-corrected chi connectivity index (χ3v) is 3.07. The largest absolute Gasteiger partial charge is 0.497 e. The lowest BCUT2D eigenvalue weighted by Crippen LogP contribution is -2.30. The Bertz CT molecular complexity index is 590. The highest BCUT2D eigenvalue weighted by molar-refractivity contribution is 5.80. The number of nitrogens with one attached hydrogen (secondary N) is 1. The van der Waals surface area contributed by atoms with E-state index < -0.39 is 6.04 Å². The van der Waals surface area contributed by atoms with Gasteiger partial charge in [-0.1, -0.05) is 17.7 Å². The average Bonchev–Trinajstić information content (AvgIpc) is 2.50. The fourth-order valence-corrected chi connectivity index (χ4v) is 1.81. The minimum atomic E-state index is -0.445. The van der Waals surface area contributed by atoms with Gasteiger partial charge >= 0.3 is 5.97 Å². The number of hydrogen-bond donors (Lipinski definition) is 1. The Morgan fingerprint density at radius 2 is 1.57 bits per heavy atom. The molecule has 2 aromatic carbocycles. The number of hydrogen-bond acceptors (Lipinski definition) is 4. The normalized spacial score (nSPS) is 11.6. The number of carbonyl (C=O) groups excluding carboxylic acids is 1. The number of esters is 1. The van der Waals surface area contributed by atoms with E-state index in [0.29, 0.717) is 5.75 Å². The summed E-state index contributed by atoms with van der Waals surface area (Å²) in [5.74, 6) is 0.999. The molecular weight excluding hydrogens is 266 g/mol. The van der Waals surface area contributed by atoms with Gasteiger partial charge < -0.3 is 14.8 Å². The van der Waals surface area contributed by atoms with Crippen LogP contribution < -0.4 is 14.8 Å². The summed E-state index contributed by atoms with van der Waals surface area (Å²) in [5.41, 5.74) is 1.96. The molecule has 0 amide bonds. The molecule has 4 heteroatoms. The second kappa shape index (κ2) is 6.79. The molecule has 21 heavy (non-hydrogen) atoms. The van der Waals surface area contributed by atoms with Gasteiger partial charge in [0.2, 0.25) is 0 Å². The fraction of sp³-hybridized carbons (Fsp3) is 0.235. The van der Waals surface area contributed by atoms with Crippen LogP contribution in [-0.2, 0) is 4.79 Å². The van der Waals surface area contributed by atoms with E-state index >= 15 is 0 Å². The average molecular weight is 285 g/mol. The Kier molecular flexibility index (Phi) is 4.82. The molecule has 0 aliphatic carbocycles. The topological polar surface area (TPSA) is 47.6 Å². The predicted octanol–water partition coefficient (Wildman–Crippen LogP) is 3.41. The van der Waals surface area contributed by atoms with Crippen LogP contribution in [-0.4, -0.2) is 19.1 Å². The second-order valence-corrected chi connectivity index (χ2v) is 4.83. The number of carbonyl (C=O) groups is 1. The van der Waals surface area contributed by atoms with Crippen molar-refractivity contribution in [1.29, 1.82) is 0 Å². The third-order valence-electron chi connectivity index (χ3n) is 3.07. The highest BCUT2D eigenvalue weighted by Gasteiger charge is 2.15. The van der Waals surface area contributed by atoms with Gasteiger partial charge in [-0.3, -0.25) is 0 Å². The molecule has 2 rings (SSSR count). The number of methoxy groups -OCH3 is 1. The zero-order chi connectivity index (χ0) is 15.2. The van der Waals surface area contributed by atoms with Crippen LogP contribution >= 0.6 is 0 Å². The third kappa shape index (κ3) is 4.24. The molecule has 110 valence electrons. The summed E-state index contributed by atoms with van der Waals surface area (Å²) in [5, 5.41) is 3.09. The number of aryl methyl sites for hydroxylation is 1. The minimum absolute atomic E-state index is 0.324. The monoisotopic (exact) mass is 285 g/mol. The van der Waals surface area contributed by atoms with Crippen LogP contribution in [0.1, 0.15) is 12.5 Å². The molecular formula is C17H19NO3. The van der Waals surface area contributed by atoms with E-state index in [9.17, 15) is 4.79 Å². The Balaban J connectivity index is 1.93. The SMILES string of the molecule is COc1ccc(NC(C)C(=O)Oc2ccc(C)cc2)cc1. The van der Waals surface area contributed by atoms with Gasteiger partial charge in [-0.05, 0) is 50.2 Å². The van der Waals surface area contributed by atoms with E-state index in [-0.39, 0.29) is 5.97 Å². The zero-order valence-corrected chi connectivity index (χ0v) is 12.4. The molecule has 2 aromatic rings. The van der Waals surface area contributed by atoms with Gasteiger partial charge in [-0.2, -0.15) is 0 Å². The molecule has 0 heterocycles. The maximum absolute atomic E-state index is 12.0. The van der Waals surface area contributed by atoms with Gasteiger partial charge in [0.05, 0.1) is 7.11 Å². The first-order valence-electron chi connectivity index (χ1n) is 6.77. The van der Waals surface area contributed by atoms with Crippen LogP contribution in [0.25, 0.3) is 0 Å². The lowest BCUT2D eigenvalue weighted by molar-refractivity contribution is -0.134. The van der Waals surface area contributed by atoms with Gasteiger partial charge in [0.25, 0.3) is 0 Å². The summed E-state index contributed by atoms with van der Waals surface area (Å²) in [7, 11) is 1.62. The summed E-state index contributed by atoms with van der Waals surface area (Å²) in [6.45, 7) is 3.75. The van der Waals surface area contributed by atoms with E-state index in [0.717, 1.165) is 17.0 Å². The van der Waals surface area contributed by atoms with E-state index in [2.05, 4.69) is 5.32 Å². The number of anilines is 1. The van der Waals surface area contributed by atoms with Gasteiger partial charge in [0, 0.05) is 5.69 Å². The van der Waals surface area contributed by atoms with E-state index in [1.54, 1.807) is 26.2 Å². The van der Waals surface area contributed by atoms with Crippen molar-refractivity contribution in [1.82, 2.24) is 0 Å². The lowest BCUT2D eigenvalue weighted by Gasteiger charge is -2.14. The minimum Gasteiger partial charge on any atom is -0.497 e. The molecule has 4 nitrogen and oxygen atoms in total. The van der Waals surface area contributed by atoms with Crippen LogP contribution in [0, 0.1) is 6.92 Å². The first-order chi connectivity index (χ1) is 10.1. The summed E-state index contributed by atoms with van der Waals surface area (Å²) < 4.78 is 10.4. The summed E-state index contributed by atoms with van der Waals surface area (Å²) in [6.07, 6.45) is 0. The molecule has 1 N–H and O–H groups in total. The van der Waals surface area contributed by atoms with Crippen LogP contribution in [0.15, 0.2) is 48.5 Å². The van der Waals surface area contributed by atoms with E-state index in [1.165, 1.54) is 0 Å². The predicted molar refractivity (Wildman–Crippen MR) is 82.9 cm³/mol. The standard InChI is InChI=1S/C17H19NO3/c1-12-4-8-16(9-5-12)21-17(19)13(2)18-14-6-10-15(20-3)11-7-14/h4-11,13,18H,1-3H3. The molecule has 0 fully saturated rings. The van der Waals surface area contributed by atoms with Crippen LogP contribution in [0.5, 0.6) is 11.5 Å². The molecule has 0 spiro atoms. The maximum atomic E-state index is 12.0. The van der Waals surface area contributed by atoms with Crippen molar-refractivity contribution in [2.45, 2.75) is 19.9 Å². The molecule has 0 bridgehead atoms. The van der Waals surface area contributed by atoms with E-state index in [1.807, 2.05) is 43.3 Å². The maximum Gasteiger partial charge on any atom is 0.333 e. The Labute approximate surface area is 124 Å². The van der Waals surface area contributed by atoms with Crippen LogP contribution in [0.2, 0.25) is 0 Å². The van der Waals surface area contributed by atoms with Crippen molar-refractivity contribution in [2.75, 3.05) is 12.4 Å². The molecule has 0 aliphatic rings. The number of ether oxygens (including phenoxy) is 2.